The van der Waals surface area contributed by atoms with Gasteiger partial charge in [-0.3, -0.25) is 4.79 Å². The van der Waals surface area contributed by atoms with Crippen molar-refractivity contribution in [1.82, 2.24) is 10.2 Å². The van der Waals surface area contributed by atoms with Crippen molar-refractivity contribution in [2.45, 2.75) is 38.8 Å². The van der Waals surface area contributed by atoms with Crippen molar-refractivity contribution in [2.75, 3.05) is 27.7 Å². The van der Waals surface area contributed by atoms with Crippen molar-refractivity contribution in [1.29, 1.82) is 0 Å². The highest BCUT2D eigenvalue weighted by molar-refractivity contribution is 5.78. The van der Waals surface area contributed by atoms with Gasteiger partial charge in [-0.05, 0) is 27.4 Å². The Labute approximate surface area is 98.3 Å². The maximum Gasteiger partial charge on any atom is 0.234 e. The third-order valence-corrected chi connectivity index (χ3v) is 4.07. The van der Waals surface area contributed by atoms with E-state index >= 15 is 0 Å². The number of hydrogen-bond acceptors (Lipinski definition) is 3. The van der Waals surface area contributed by atoms with Gasteiger partial charge in [0.05, 0.1) is 12.1 Å². The van der Waals surface area contributed by atoms with Crippen molar-refractivity contribution in [3.63, 3.8) is 0 Å². The van der Waals surface area contributed by atoms with E-state index in [-0.39, 0.29) is 23.0 Å². The zero-order valence-corrected chi connectivity index (χ0v) is 11.3. The summed E-state index contributed by atoms with van der Waals surface area (Å²) in [6.45, 7) is 6.82. The van der Waals surface area contributed by atoms with Crippen LogP contribution in [-0.2, 0) is 9.53 Å². The Hall–Kier alpha value is -0.610. The Morgan fingerprint density at radius 3 is 2.38 bits per heavy atom. The van der Waals surface area contributed by atoms with Gasteiger partial charge in [0.25, 0.3) is 0 Å². The van der Waals surface area contributed by atoms with Crippen LogP contribution in [0, 0.1) is 5.41 Å². The molecule has 0 aromatic heterocycles. The molecule has 2 atom stereocenters. The van der Waals surface area contributed by atoms with Crippen LogP contribution in [-0.4, -0.2) is 50.2 Å². The summed E-state index contributed by atoms with van der Waals surface area (Å²) in [7, 11) is 5.52. The minimum absolute atomic E-state index is 0.0102. The SMILES string of the molecule is COC1(C)CC(NC(=O)CN(C)C)C1(C)C. The number of methoxy groups -OCH3 is 1. The van der Waals surface area contributed by atoms with E-state index in [0.717, 1.165) is 6.42 Å². The fourth-order valence-electron chi connectivity index (χ4n) is 2.25. The van der Waals surface area contributed by atoms with Crippen molar-refractivity contribution < 1.29 is 9.53 Å². The van der Waals surface area contributed by atoms with E-state index in [0.29, 0.717) is 6.54 Å². The number of rotatable bonds is 4. The van der Waals surface area contributed by atoms with Gasteiger partial charge in [0.2, 0.25) is 5.91 Å². The van der Waals surface area contributed by atoms with Gasteiger partial charge in [-0.15, -0.1) is 0 Å². The molecule has 1 N–H and O–H groups in total. The standard InChI is InChI=1S/C12H24N2O2/c1-11(2)9(7-12(11,3)16-6)13-10(15)8-14(4)5/h9H,7-8H2,1-6H3,(H,13,15). The van der Waals surface area contributed by atoms with Gasteiger partial charge < -0.3 is 15.0 Å². The van der Waals surface area contributed by atoms with E-state index in [9.17, 15) is 4.79 Å². The average molecular weight is 228 g/mol. The number of carbonyl (C=O) groups is 1. The highest BCUT2D eigenvalue weighted by atomic mass is 16.5. The van der Waals surface area contributed by atoms with Gasteiger partial charge in [-0.2, -0.15) is 0 Å². The maximum absolute atomic E-state index is 11.7. The molecule has 0 bridgehead atoms. The molecule has 94 valence electrons. The fraction of sp³-hybridized carbons (Fsp3) is 0.917. The Morgan fingerprint density at radius 2 is 2.00 bits per heavy atom. The number of hydrogen-bond donors (Lipinski definition) is 1. The zero-order valence-electron chi connectivity index (χ0n) is 11.3. The topological polar surface area (TPSA) is 41.6 Å². The highest BCUT2D eigenvalue weighted by Gasteiger charge is 2.58. The largest absolute Gasteiger partial charge is 0.378 e. The smallest absolute Gasteiger partial charge is 0.234 e. The summed E-state index contributed by atoms with van der Waals surface area (Å²) >= 11 is 0. The van der Waals surface area contributed by atoms with Gasteiger partial charge >= 0.3 is 0 Å². The van der Waals surface area contributed by atoms with Crippen LogP contribution in [0.4, 0.5) is 0 Å². The summed E-state index contributed by atoms with van der Waals surface area (Å²) in [5.74, 6) is 0.0845. The number of likely N-dealkylation sites (N-methyl/N-ethyl adjacent to an activating group) is 1. The number of nitrogens with one attached hydrogen (secondary N) is 1. The van der Waals surface area contributed by atoms with Gasteiger partial charge in [-0.1, -0.05) is 13.8 Å². The Morgan fingerprint density at radius 1 is 1.44 bits per heavy atom. The van der Waals surface area contributed by atoms with Crippen LogP contribution in [0.3, 0.4) is 0 Å². The van der Waals surface area contributed by atoms with E-state index in [1.807, 2.05) is 19.0 Å². The molecule has 1 amide bonds. The van der Waals surface area contributed by atoms with Gasteiger partial charge in [0.1, 0.15) is 0 Å². The molecule has 4 nitrogen and oxygen atoms in total. The maximum atomic E-state index is 11.7. The Bertz CT molecular complexity index is 276. The molecular formula is C12H24N2O2. The molecule has 1 rings (SSSR count). The van der Waals surface area contributed by atoms with Crippen molar-refractivity contribution in [3.8, 4) is 0 Å². The van der Waals surface area contributed by atoms with Crippen molar-refractivity contribution in [3.05, 3.63) is 0 Å². The van der Waals surface area contributed by atoms with Crippen LogP contribution in [0.1, 0.15) is 27.2 Å². The normalized spacial score (nSPS) is 32.3. The first kappa shape index (κ1) is 13.5. The lowest BCUT2D eigenvalue weighted by Crippen LogP contribution is -2.69. The number of amides is 1. The highest BCUT2D eigenvalue weighted by Crippen LogP contribution is 2.51. The second-order valence-corrected chi connectivity index (χ2v) is 5.72. The van der Waals surface area contributed by atoms with Crippen LogP contribution in [0.15, 0.2) is 0 Å². The van der Waals surface area contributed by atoms with E-state index < -0.39 is 0 Å². The first-order valence-corrected chi connectivity index (χ1v) is 5.72. The van der Waals surface area contributed by atoms with Crippen LogP contribution in [0.5, 0.6) is 0 Å². The summed E-state index contributed by atoms with van der Waals surface area (Å²) in [5.41, 5.74) is -0.132. The lowest BCUT2D eigenvalue weighted by atomic mass is 9.56. The summed E-state index contributed by atoms with van der Waals surface area (Å²) in [6.07, 6.45) is 0.885. The Kier molecular flexibility index (Phi) is 3.65. The van der Waals surface area contributed by atoms with Gasteiger partial charge in [0, 0.05) is 18.6 Å². The Balaban J connectivity index is 2.51. The summed E-state index contributed by atoms with van der Waals surface area (Å²) in [4.78, 5) is 13.5. The molecule has 0 saturated heterocycles. The predicted molar refractivity (Wildman–Crippen MR) is 64.3 cm³/mol. The van der Waals surface area contributed by atoms with E-state index in [1.165, 1.54) is 0 Å². The zero-order chi connectivity index (χ0) is 12.6. The lowest BCUT2D eigenvalue weighted by molar-refractivity contribution is -0.182. The molecule has 0 radical (unpaired) electrons. The first-order chi connectivity index (χ1) is 7.23. The number of nitrogens with zero attached hydrogens (tertiary/aromatic N) is 1. The lowest BCUT2D eigenvalue weighted by Gasteiger charge is -2.59. The van der Waals surface area contributed by atoms with E-state index in [1.54, 1.807) is 7.11 Å². The predicted octanol–water partition coefficient (Wildman–Crippen LogP) is 0.868. The summed E-state index contributed by atoms with van der Waals surface area (Å²) < 4.78 is 5.52. The average Bonchev–Trinajstić information content (AvgIpc) is 2.15. The van der Waals surface area contributed by atoms with Crippen LogP contribution >= 0.6 is 0 Å². The van der Waals surface area contributed by atoms with E-state index in [4.69, 9.17) is 4.74 Å². The molecule has 1 aliphatic rings. The van der Waals surface area contributed by atoms with Crippen LogP contribution in [0.25, 0.3) is 0 Å². The fourth-order valence-corrected chi connectivity index (χ4v) is 2.25. The molecule has 0 aromatic carbocycles. The van der Waals surface area contributed by atoms with Gasteiger partial charge in [0.15, 0.2) is 0 Å². The minimum atomic E-state index is -0.122. The molecule has 2 unspecified atom stereocenters. The quantitative estimate of drug-likeness (QED) is 0.776. The number of carbonyl (C=O) groups excluding carboxylic acids is 1. The number of ether oxygens (including phenoxy) is 1. The summed E-state index contributed by atoms with van der Waals surface area (Å²) in [6, 6.07) is 0.213. The molecule has 1 fully saturated rings. The second kappa shape index (κ2) is 4.34. The first-order valence-electron chi connectivity index (χ1n) is 5.72. The third-order valence-electron chi connectivity index (χ3n) is 4.07. The van der Waals surface area contributed by atoms with Crippen LogP contribution < -0.4 is 5.32 Å². The molecule has 0 aliphatic heterocycles. The molecule has 1 aliphatic carbocycles. The summed E-state index contributed by atoms with van der Waals surface area (Å²) in [5, 5.41) is 3.07. The van der Waals surface area contributed by atoms with Gasteiger partial charge in [-0.25, -0.2) is 0 Å². The molecule has 0 heterocycles. The molecule has 0 aromatic rings. The molecular weight excluding hydrogens is 204 g/mol. The molecule has 16 heavy (non-hydrogen) atoms. The minimum Gasteiger partial charge on any atom is -0.378 e. The van der Waals surface area contributed by atoms with Crippen molar-refractivity contribution in [2.24, 2.45) is 5.41 Å². The third kappa shape index (κ3) is 2.23. The molecule has 0 spiro atoms. The monoisotopic (exact) mass is 228 g/mol. The van der Waals surface area contributed by atoms with Crippen molar-refractivity contribution >= 4 is 5.91 Å². The van der Waals surface area contributed by atoms with Crippen LogP contribution in [0.2, 0.25) is 0 Å². The van der Waals surface area contributed by atoms with E-state index in [2.05, 4.69) is 26.1 Å². The second-order valence-electron chi connectivity index (χ2n) is 5.72. The molecule has 4 heteroatoms. The molecule has 1 saturated carbocycles.